The number of nitrogens with one attached hydrogen (secondary N) is 2. The summed E-state index contributed by atoms with van der Waals surface area (Å²) in [4.78, 5) is 34.3. The van der Waals surface area contributed by atoms with Crippen LogP contribution in [0.25, 0.3) is 0 Å². The molecule has 0 rings (SSSR count). The molecule has 0 spiro atoms. The van der Waals surface area contributed by atoms with Crippen molar-refractivity contribution in [1.82, 2.24) is 10.6 Å². The summed E-state index contributed by atoms with van der Waals surface area (Å²) in [7, 11) is 0. The Labute approximate surface area is 125 Å². The highest BCUT2D eigenvalue weighted by Gasteiger charge is 2.23. The molecule has 2 atom stereocenters. The molecule has 0 fully saturated rings. The summed E-state index contributed by atoms with van der Waals surface area (Å²) in [5.74, 6) is -1.72. The molecular weight excluding hydrogens is 274 g/mol. The number of aliphatic carboxylic acids is 1. The summed E-state index contributed by atoms with van der Waals surface area (Å²) in [5.41, 5.74) is 5.78. The van der Waals surface area contributed by atoms with E-state index in [1.165, 1.54) is 0 Å². The quantitative estimate of drug-likeness (QED) is 0.460. The average Bonchev–Trinajstić information content (AvgIpc) is 2.39. The molecule has 122 valence electrons. The number of nitrogens with two attached hydrogens (primary N) is 1. The van der Waals surface area contributed by atoms with Crippen LogP contribution in [0, 0.1) is 5.92 Å². The van der Waals surface area contributed by atoms with Crippen LogP contribution in [0.2, 0.25) is 0 Å². The second-order valence-corrected chi connectivity index (χ2v) is 5.55. The Morgan fingerprint density at radius 3 is 2.29 bits per heavy atom. The Morgan fingerprint density at radius 1 is 1.19 bits per heavy atom. The summed E-state index contributed by atoms with van der Waals surface area (Å²) in [6.07, 6.45) is 2.62. The van der Waals surface area contributed by atoms with Crippen LogP contribution in [0.3, 0.4) is 0 Å². The van der Waals surface area contributed by atoms with Gasteiger partial charge in [0.25, 0.3) is 0 Å². The smallest absolute Gasteiger partial charge is 0.322 e. The van der Waals surface area contributed by atoms with E-state index in [0.29, 0.717) is 12.8 Å². The van der Waals surface area contributed by atoms with Gasteiger partial charge in [-0.15, -0.1) is 0 Å². The van der Waals surface area contributed by atoms with Gasteiger partial charge in [-0.2, -0.15) is 0 Å². The molecule has 0 aromatic carbocycles. The van der Waals surface area contributed by atoms with Gasteiger partial charge in [-0.25, -0.2) is 0 Å². The SMILES string of the molecule is CCCC[C@H](NC(=O)[C@H](N)CC(C)C)C(=O)NCC(=O)O. The molecule has 5 N–H and O–H groups in total. The van der Waals surface area contributed by atoms with Crippen molar-refractivity contribution in [2.24, 2.45) is 11.7 Å². The fourth-order valence-electron chi connectivity index (χ4n) is 1.86. The summed E-state index contributed by atoms with van der Waals surface area (Å²) in [5, 5.41) is 13.5. The minimum Gasteiger partial charge on any atom is -0.480 e. The van der Waals surface area contributed by atoms with Crippen molar-refractivity contribution in [1.29, 1.82) is 0 Å². The van der Waals surface area contributed by atoms with Crippen LogP contribution >= 0.6 is 0 Å². The summed E-state index contributed by atoms with van der Waals surface area (Å²) in [6.45, 7) is 5.43. The molecule has 0 aliphatic heterocycles. The van der Waals surface area contributed by atoms with Gasteiger partial charge >= 0.3 is 5.97 Å². The number of hydrogen-bond donors (Lipinski definition) is 4. The largest absolute Gasteiger partial charge is 0.480 e. The molecular formula is C14H27N3O4. The van der Waals surface area contributed by atoms with E-state index in [1.807, 2.05) is 20.8 Å². The van der Waals surface area contributed by atoms with Crippen molar-refractivity contribution < 1.29 is 19.5 Å². The fraction of sp³-hybridized carbons (Fsp3) is 0.786. The molecule has 0 radical (unpaired) electrons. The van der Waals surface area contributed by atoms with Crippen molar-refractivity contribution in [2.45, 2.75) is 58.5 Å². The van der Waals surface area contributed by atoms with E-state index >= 15 is 0 Å². The lowest BCUT2D eigenvalue weighted by Crippen LogP contribution is -2.52. The number of amides is 2. The Bertz CT molecular complexity index is 358. The molecule has 0 saturated carbocycles. The van der Waals surface area contributed by atoms with Crippen molar-refractivity contribution in [2.75, 3.05) is 6.54 Å². The lowest BCUT2D eigenvalue weighted by molar-refractivity contribution is -0.138. The van der Waals surface area contributed by atoms with Gasteiger partial charge in [0.2, 0.25) is 11.8 Å². The number of carbonyl (C=O) groups excluding carboxylic acids is 2. The van der Waals surface area contributed by atoms with E-state index in [2.05, 4.69) is 10.6 Å². The molecule has 0 bridgehead atoms. The van der Waals surface area contributed by atoms with E-state index in [9.17, 15) is 14.4 Å². The van der Waals surface area contributed by atoms with Gasteiger partial charge in [0.05, 0.1) is 6.04 Å². The van der Waals surface area contributed by atoms with Crippen molar-refractivity contribution in [3.05, 3.63) is 0 Å². The number of rotatable bonds is 10. The molecule has 7 nitrogen and oxygen atoms in total. The number of carbonyl (C=O) groups is 3. The van der Waals surface area contributed by atoms with Crippen LogP contribution in [0.15, 0.2) is 0 Å². The topological polar surface area (TPSA) is 122 Å². The monoisotopic (exact) mass is 301 g/mol. The predicted octanol–water partition coefficient (Wildman–Crippen LogP) is 0.236. The molecule has 21 heavy (non-hydrogen) atoms. The van der Waals surface area contributed by atoms with Gasteiger partial charge in [0, 0.05) is 0 Å². The van der Waals surface area contributed by atoms with Gasteiger partial charge < -0.3 is 21.5 Å². The minimum atomic E-state index is -1.12. The zero-order chi connectivity index (χ0) is 16.4. The third-order valence-corrected chi connectivity index (χ3v) is 2.96. The zero-order valence-electron chi connectivity index (χ0n) is 13.0. The highest BCUT2D eigenvalue weighted by atomic mass is 16.4. The molecule has 0 heterocycles. The highest BCUT2D eigenvalue weighted by Crippen LogP contribution is 2.05. The average molecular weight is 301 g/mol. The van der Waals surface area contributed by atoms with Crippen LogP contribution in [0.4, 0.5) is 0 Å². The second-order valence-electron chi connectivity index (χ2n) is 5.55. The standard InChI is InChI=1S/C14H27N3O4/c1-4-5-6-11(14(21)16-8-12(18)19)17-13(20)10(15)7-9(2)3/h9-11H,4-8,15H2,1-3H3,(H,16,21)(H,17,20)(H,18,19)/t10-,11+/m1/s1. The Kier molecular flexibility index (Phi) is 9.36. The number of carboxylic acids is 1. The highest BCUT2D eigenvalue weighted by molar-refractivity contribution is 5.90. The van der Waals surface area contributed by atoms with Gasteiger partial charge in [0.15, 0.2) is 0 Å². The van der Waals surface area contributed by atoms with Crippen molar-refractivity contribution >= 4 is 17.8 Å². The van der Waals surface area contributed by atoms with Crippen LogP contribution in [0.1, 0.15) is 46.5 Å². The summed E-state index contributed by atoms with van der Waals surface area (Å²) >= 11 is 0. The van der Waals surface area contributed by atoms with E-state index in [1.54, 1.807) is 0 Å². The lowest BCUT2D eigenvalue weighted by Gasteiger charge is -2.21. The summed E-state index contributed by atoms with van der Waals surface area (Å²) in [6, 6.07) is -1.41. The first-order valence-electron chi connectivity index (χ1n) is 7.33. The third-order valence-electron chi connectivity index (χ3n) is 2.96. The van der Waals surface area contributed by atoms with E-state index in [0.717, 1.165) is 12.8 Å². The number of unbranched alkanes of at least 4 members (excludes halogenated alkanes) is 1. The van der Waals surface area contributed by atoms with Crippen LogP contribution in [-0.4, -0.2) is 41.5 Å². The molecule has 2 amide bonds. The maximum Gasteiger partial charge on any atom is 0.322 e. The van der Waals surface area contributed by atoms with Gasteiger partial charge in [0.1, 0.15) is 12.6 Å². The first-order valence-corrected chi connectivity index (χ1v) is 7.33. The van der Waals surface area contributed by atoms with Gasteiger partial charge in [-0.1, -0.05) is 33.6 Å². The second kappa shape index (κ2) is 10.1. The molecule has 0 aliphatic carbocycles. The number of carboxylic acid groups (broad SMARTS) is 1. The normalized spacial score (nSPS) is 13.6. The maximum absolute atomic E-state index is 12.0. The van der Waals surface area contributed by atoms with Gasteiger partial charge in [-0.05, 0) is 18.8 Å². The summed E-state index contributed by atoms with van der Waals surface area (Å²) < 4.78 is 0. The molecule has 0 unspecified atom stereocenters. The predicted molar refractivity (Wildman–Crippen MR) is 79.5 cm³/mol. The Morgan fingerprint density at radius 2 is 1.81 bits per heavy atom. The fourth-order valence-corrected chi connectivity index (χ4v) is 1.86. The first kappa shape index (κ1) is 19.4. The van der Waals surface area contributed by atoms with E-state index in [-0.39, 0.29) is 11.8 Å². The molecule has 0 aromatic rings. The first-order chi connectivity index (χ1) is 9.77. The van der Waals surface area contributed by atoms with Crippen LogP contribution < -0.4 is 16.4 Å². The van der Waals surface area contributed by atoms with E-state index < -0.39 is 30.5 Å². The third kappa shape index (κ3) is 9.01. The Balaban J connectivity index is 4.56. The molecule has 7 heteroatoms. The maximum atomic E-state index is 12.0. The van der Waals surface area contributed by atoms with Crippen LogP contribution in [-0.2, 0) is 14.4 Å². The van der Waals surface area contributed by atoms with E-state index in [4.69, 9.17) is 10.8 Å². The zero-order valence-corrected chi connectivity index (χ0v) is 13.0. The van der Waals surface area contributed by atoms with Crippen molar-refractivity contribution in [3.8, 4) is 0 Å². The minimum absolute atomic E-state index is 0.278. The lowest BCUT2D eigenvalue weighted by atomic mass is 10.0. The molecule has 0 aliphatic rings. The molecule has 0 aromatic heterocycles. The Hall–Kier alpha value is -1.63. The van der Waals surface area contributed by atoms with Gasteiger partial charge in [-0.3, -0.25) is 14.4 Å². The van der Waals surface area contributed by atoms with Crippen molar-refractivity contribution in [3.63, 3.8) is 0 Å². The number of hydrogen-bond acceptors (Lipinski definition) is 4. The van der Waals surface area contributed by atoms with Crippen LogP contribution in [0.5, 0.6) is 0 Å². The molecule has 0 saturated heterocycles.